The van der Waals surface area contributed by atoms with Crippen molar-refractivity contribution in [2.24, 2.45) is 0 Å². The third-order valence-corrected chi connectivity index (χ3v) is 6.92. The number of hydrogen-bond donors (Lipinski definition) is 0. The molecule has 6 aromatic rings. The average molecular weight is 539 g/mol. The molecule has 6 rings (SSSR count). The van der Waals surface area contributed by atoms with E-state index in [1.165, 1.54) is 0 Å². The normalized spacial score (nSPS) is 10.6. The van der Waals surface area contributed by atoms with E-state index in [2.05, 4.69) is 64.4 Å². The first-order valence-electron chi connectivity index (χ1n) is 13.1. The van der Waals surface area contributed by atoms with Crippen molar-refractivity contribution in [3.8, 4) is 11.5 Å². The van der Waals surface area contributed by atoms with E-state index >= 15 is 0 Å². The Kier molecular flexibility index (Phi) is 7.47. The van der Waals surface area contributed by atoms with E-state index in [1.54, 1.807) is 0 Å². The molecule has 0 atom stereocenters. The van der Waals surface area contributed by atoms with Gasteiger partial charge in [0.2, 0.25) is 0 Å². The van der Waals surface area contributed by atoms with E-state index in [0.717, 1.165) is 34.1 Å². The highest BCUT2D eigenvalue weighted by atomic mass is 35.5. The molecule has 0 fully saturated rings. The van der Waals surface area contributed by atoms with Crippen LogP contribution in [0.15, 0.2) is 164 Å². The highest BCUT2D eigenvalue weighted by Crippen LogP contribution is 2.44. The molecule has 3 nitrogen and oxygen atoms in total. The van der Waals surface area contributed by atoms with Crippen molar-refractivity contribution in [3.63, 3.8) is 0 Å². The molecule has 0 radical (unpaired) electrons. The Labute approximate surface area is 240 Å². The Balaban J connectivity index is 1.37. The number of nitrogens with zero attached hydrogens (tertiary/aromatic N) is 2. The monoisotopic (exact) mass is 538 g/mol. The molecule has 0 heterocycles. The number of anilines is 6. The number of ether oxygens (including phenoxy) is 1. The van der Waals surface area contributed by atoms with Crippen LogP contribution in [0, 0.1) is 0 Å². The van der Waals surface area contributed by atoms with Crippen LogP contribution in [0.4, 0.5) is 34.1 Å². The first-order chi connectivity index (χ1) is 19.8. The van der Waals surface area contributed by atoms with Gasteiger partial charge in [-0.2, -0.15) is 0 Å². The lowest BCUT2D eigenvalue weighted by atomic mass is 10.2. The van der Waals surface area contributed by atoms with Crippen molar-refractivity contribution >= 4 is 45.7 Å². The van der Waals surface area contributed by atoms with Gasteiger partial charge in [0.25, 0.3) is 0 Å². The highest BCUT2D eigenvalue weighted by Gasteiger charge is 2.19. The van der Waals surface area contributed by atoms with Gasteiger partial charge in [-0.25, -0.2) is 0 Å². The van der Waals surface area contributed by atoms with Crippen LogP contribution in [0.2, 0.25) is 5.02 Å². The van der Waals surface area contributed by atoms with E-state index in [9.17, 15) is 0 Å². The summed E-state index contributed by atoms with van der Waals surface area (Å²) in [4.78, 5) is 4.34. The van der Waals surface area contributed by atoms with Gasteiger partial charge in [0, 0.05) is 34.5 Å². The summed E-state index contributed by atoms with van der Waals surface area (Å²) in [5.41, 5.74) is 5.96. The van der Waals surface area contributed by atoms with Crippen LogP contribution in [0.1, 0.15) is 0 Å². The molecule has 40 heavy (non-hydrogen) atoms. The predicted octanol–water partition coefficient (Wildman–Crippen LogP) is 11.1. The molecule has 0 unspecified atom stereocenters. The summed E-state index contributed by atoms with van der Waals surface area (Å²) in [5.74, 6) is 1.28. The Bertz CT molecular complexity index is 1600. The largest absolute Gasteiger partial charge is 0.456 e. The molecular weight excluding hydrogens is 512 g/mol. The second-order valence-corrected chi connectivity index (χ2v) is 9.58. The molecule has 0 saturated heterocycles. The molecule has 194 valence electrons. The molecule has 0 aromatic heterocycles. The second-order valence-electron chi connectivity index (χ2n) is 9.20. The molecule has 0 spiro atoms. The van der Waals surface area contributed by atoms with Gasteiger partial charge >= 0.3 is 0 Å². The molecular formula is C36H27ClN2O. The number of hydrogen-bond acceptors (Lipinski definition) is 3. The molecule has 0 bridgehead atoms. The lowest BCUT2D eigenvalue weighted by Crippen LogP contribution is -2.10. The van der Waals surface area contributed by atoms with Gasteiger partial charge in [0.15, 0.2) is 0 Å². The van der Waals surface area contributed by atoms with Gasteiger partial charge in [0.1, 0.15) is 16.5 Å². The summed E-state index contributed by atoms with van der Waals surface area (Å²) < 4.78 is 6.45. The van der Waals surface area contributed by atoms with E-state index in [-0.39, 0.29) is 0 Å². The van der Waals surface area contributed by atoms with Gasteiger partial charge in [-0.1, -0.05) is 96.5 Å². The minimum Gasteiger partial charge on any atom is -0.456 e. The maximum Gasteiger partial charge on any atom is 0.148 e. The zero-order valence-electron chi connectivity index (χ0n) is 21.8. The molecule has 0 aliphatic heterocycles. The van der Waals surface area contributed by atoms with E-state index in [1.807, 2.05) is 109 Å². The summed E-state index contributed by atoms with van der Waals surface area (Å²) in [5, 5.41) is 0.531. The second kappa shape index (κ2) is 11.8. The maximum atomic E-state index is 7.07. The van der Waals surface area contributed by atoms with Crippen molar-refractivity contribution in [2.75, 3.05) is 9.80 Å². The number of halogens is 1. The first-order valence-corrected chi connectivity index (χ1v) is 13.5. The van der Waals surface area contributed by atoms with Crippen LogP contribution in [0.3, 0.4) is 0 Å². The fourth-order valence-corrected chi connectivity index (χ4v) is 5.00. The molecule has 6 aromatic carbocycles. The summed E-state index contributed by atoms with van der Waals surface area (Å²) in [6.07, 6.45) is 0. The summed E-state index contributed by atoms with van der Waals surface area (Å²) >= 11 is 7.07. The van der Waals surface area contributed by atoms with Gasteiger partial charge in [-0.05, 0) is 72.8 Å². The maximum absolute atomic E-state index is 7.07. The minimum absolute atomic E-state index is 0.531. The summed E-state index contributed by atoms with van der Waals surface area (Å²) in [6.45, 7) is 0. The number of rotatable bonds is 8. The molecule has 0 aliphatic rings. The van der Waals surface area contributed by atoms with Crippen LogP contribution >= 0.6 is 11.6 Å². The Morgan fingerprint density at radius 3 is 1.32 bits per heavy atom. The van der Waals surface area contributed by atoms with E-state index in [4.69, 9.17) is 16.3 Å². The Morgan fingerprint density at radius 1 is 0.400 bits per heavy atom. The zero-order chi connectivity index (χ0) is 27.1. The Hall–Kier alpha value is -4.99. The van der Waals surface area contributed by atoms with Crippen LogP contribution in [-0.4, -0.2) is 0 Å². The predicted molar refractivity (Wildman–Crippen MR) is 167 cm³/mol. The molecule has 4 heteroatoms. The van der Waals surface area contributed by atoms with Crippen molar-refractivity contribution in [3.05, 3.63) is 169 Å². The fraction of sp³-hybridized carbons (Fsp3) is 0. The molecule has 0 amide bonds. The van der Waals surface area contributed by atoms with Crippen molar-refractivity contribution in [2.45, 2.75) is 0 Å². The van der Waals surface area contributed by atoms with E-state index < -0.39 is 0 Å². The zero-order valence-corrected chi connectivity index (χ0v) is 22.5. The Morgan fingerprint density at radius 2 is 0.825 bits per heavy atom. The third-order valence-electron chi connectivity index (χ3n) is 6.55. The quantitative estimate of drug-likeness (QED) is 0.191. The number of para-hydroxylation sites is 4. The SMILES string of the molecule is Clc1c(Oc2cccc(N(c3ccccc3)c3ccccc3)c2)cccc1N(c1ccccc1)c1ccccc1. The van der Waals surface area contributed by atoms with Crippen LogP contribution in [-0.2, 0) is 0 Å². The minimum atomic E-state index is 0.531. The smallest absolute Gasteiger partial charge is 0.148 e. The van der Waals surface area contributed by atoms with Crippen molar-refractivity contribution in [1.29, 1.82) is 0 Å². The lowest BCUT2D eigenvalue weighted by Gasteiger charge is -2.27. The fourth-order valence-electron chi connectivity index (χ4n) is 4.75. The van der Waals surface area contributed by atoms with Gasteiger partial charge in [-0.15, -0.1) is 0 Å². The summed E-state index contributed by atoms with van der Waals surface area (Å²) in [7, 11) is 0. The molecule has 0 aliphatic carbocycles. The first kappa shape index (κ1) is 25.3. The van der Waals surface area contributed by atoms with E-state index in [0.29, 0.717) is 16.5 Å². The van der Waals surface area contributed by atoms with Gasteiger partial charge in [-0.3, -0.25) is 0 Å². The van der Waals surface area contributed by atoms with Crippen LogP contribution in [0.25, 0.3) is 0 Å². The highest BCUT2D eigenvalue weighted by molar-refractivity contribution is 6.35. The van der Waals surface area contributed by atoms with Gasteiger partial charge in [0.05, 0.1) is 5.69 Å². The van der Waals surface area contributed by atoms with Gasteiger partial charge < -0.3 is 14.5 Å². The van der Waals surface area contributed by atoms with Crippen molar-refractivity contribution in [1.82, 2.24) is 0 Å². The molecule has 0 N–H and O–H groups in total. The van der Waals surface area contributed by atoms with Crippen LogP contribution in [0.5, 0.6) is 11.5 Å². The third kappa shape index (κ3) is 5.42. The topological polar surface area (TPSA) is 15.7 Å². The lowest BCUT2D eigenvalue weighted by molar-refractivity contribution is 0.483. The standard InChI is InChI=1S/C36H27ClN2O/c37-36-34(39(30-19-9-3-10-20-30)31-21-11-4-12-22-31)25-14-26-35(36)40-33-24-13-23-32(27-33)38(28-15-5-1-6-16-28)29-17-7-2-8-18-29/h1-27H. The van der Waals surface area contributed by atoms with Crippen molar-refractivity contribution < 1.29 is 4.74 Å². The molecule has 0 saturated carbocycles. The number of benzene rings is 6. The average Bonchev–Trinajstić information content (AvgIpc) is 3.02. The summed E-state index contributed by atoms with van der Waals surface area (Å²) in [6, 6.07) is 55.0. The van der Waals surface area contributed by atoms with Crippen LogP contribution < -0.4 is 14.5 Å².